The maximum Gasteiger partial charge on any atom is 0.0624 e. The van der Waals surface area contributed by atoms with Gasteiger partial charge in [0, 0.05) is 35.9 Å². The molecule has 1 aromatic heterocycles. The van der Waals surface area contributed by atoms with Crippen LogP contribution >= 0.6 is 23.4 Å². The van der Waals surface area contributed by atoms with Crippen molar-refractivity contribution in [3.8, 4) is 0 Å². The monoisotopic (exact) mass is 309 g/mol. The van der Waals surface area contributed by atoms with Crippen LogP contribution < -0.4 is 5.73 Å². The lowest BCUT2D eigenvalue weighted by Crippen LogP contribution is -2.26. The lowest BCUT2D eigenvalue weighted by atomic mass is 10.2. The zero-order chi connectivity index (χ0) is 14.5. The minimum Gasteiger partial charge on any atom is -0.327 e. The fourth-order valence-corrected chi connectivity index (χ4v) is 3.21. The molecule has 3 nitrogen and oxygen atoms in total. The number of nitrogens with zero attached hydrogens (tertiary/aromatic N) is 2. The van der Waals surface area contributed by atoms with Crippen molar-refractivity contribution in [2.75, 3.05) is 5.75 Å². The van der Waals surface area contributed by atoms with Gasteiger partial charge < -0.3 is 5.73 Å². The van der Waals surface area contributed by atoms with Crippen LogP contribution in [-0.4, -0.2) is 21.6 Å². The van der Waals surface area contributed by atoms with Crippen molar-refractivity contribution in [3.05, 3.63) is 46.7 Å². The normalized spacial score (nSPS) is 12.6. The molecule has 20 heavy (non-hydrogen) atoms. The average Bonchev–Trinajstić information content (AvgIpc) is 2.78. The highest BCUT2D eigenvalue weighted by Gasteiger charge is 2.10. The van der Waals surface area contributed by atoms with Crippen LogP contribution in [0.3, 0.4) is 0 Å². The first-order chi connectivity index (χ1) is 9.60. The van der Waals surface area contributed by atoms with E-state index in [1.165, 1.54) is 5.69 Å². The van der Waals surface area contributed by atoms with Gasteiger partial charge in [-0.05, 0) is 24.6 Å². The summed E-state index contributed by atoms with van der Waals surface area (Å²) in [6, 6.07) is 10.1. The Labute approximate surface area is 129 Å². The van der Waals surface area contributed by atoms with Gasteiger partial charge in [-0.25, -0.2) is 0 Å². The predicted octanol–water partition coefficient (Wildman–Crippen LogP) is 3.30. The summed E-state index contributed by atoms with van der Waals surface area (Å²) in [7, 11) is 1.97. The number of hydrogen-bond donors (Lipinski definition) is 1. The zero-order valence-electron chi connectivity index (χ0n) is 11.8. The van der Waals surface area contributed by atoms with Crippen molar-refractivity contribution in [2.24, 2.45) is 12.8 Å². The Morgan fingerprint density at radius 2 is 2.15 bits per heavy atom. The van der Waals surface area contributed by atoms with E-state index >= 15 is 0 Å². The number of benzene rings is 1. The highest BCUT2D eigenvalue weighted by Crippen LogP contribution is 2.27. The Kier molecular flexibility index (Phi) is 5.52. The van der Waals surface area contributed by atoms with E-state index in [0.717, 1.165) is 34.2 Å². The van der Waals surface area contributed by atoms with Crippen molar-refractivity contribution >= 4 is 23.4 Å². The van der Waals surface area contributed by atoms with Gasteiger partial charge in [0.05, 0.1) is 10.7 Å². The molecule has 0 amide bonds. The molecular formula is C15H20ClN3S. The second-order valence-electron chi connectivity index (χ2n) is 4.81. The molecule has 0 saturated heterocycles. The molecule has 0 fully saturated rings. The Morgan fingerprint density at radius 1 is 1.40 bits per heavy atom. The number of nitrogens with two attached hydrogens (primary N) is 1. The van der Waals surface area contributed by atoms with E-state index in [2.05, 4.69) is 18.1 Å². The van der Waals surface area contributed by atoms with E-state index in [0.29, 0.717) is 0 Å². The van der Waals surface area contributed by atoms with Crippen LogP contribution in [0.15, 0.2) is 35.2 Å². The van der Waals surface area contributed by atoms with Crippen LogP contribution in [0.25, 0.3) is 0 Å². The molecule has 108 valence electrons. The Morgan fingerprint density at radius 3 is 2.80 bits per heavy atom. The molecule has 1 heterocycles. The standard InChI is InChI=1S/C15H20ClN3S/c1-3-12-9-13(19(2)18-12)8-11(17)10-20-15-7-5-4-6-14(15)16/h4-7,9,11H,3,8,10,17H2,1-2H3. The third-order valence-electron chi connectivity index (χ3n) is 3.15. The van der Waals surface area contributed by atoms with Gasteiger partial charge in [0.15, 0.2) is 0 Å². The van der Waals surface area contributed by atoms with Crippen molar-refractivity contribution < 1.29 is 0 Å². The average molecular weight is 310 g/mol. The van der Waals surface area contributed by atoms with Crippen LogP contribution in [0.4, 0.5) is 0 Å². The quantitative estimate of drug-likeness (QED) is 0.833. The molecule has 2 aromatic rings. The van der Waals surface area contributed by atoms with Crippen molar-refractivity contribution in [2.45, 2.75) is 30.7 Å². The summed E-state index contributed by atoms with van der Waals surface area (Å²) in [5.74, 6) is 0.844. The molecule has 0 aliphatic carbocycles. The van der Waals surface area contributed by atoms with Gasteiger partial charge in [-0.1, -0.05) is 30.7 Å². The summed E-state index contributed by atoms with van der Waals surface area (Å²) >= 11 is 7.85. The molecule has 0 aliphatic heterocycles. The number of thioether (sulfide) groups is 1. The van der Waals surface area contributed by atoms with E-state index in [-0.39, 0.29) is 6.04 Å². The smallest absolute Gasteiger partial charge is 0.0624 e. The summed E-state index contributed by atoms with van der Waals surface area (Å²) in [5.41, 5.74) is 8.53. The zero-order valence-corrected chi connectivity index (χ0v) is 13.4. The van der Waals surface area contributed by atoms with Gasteiger partial charge in [-0.15, -0.1) is 11.8 Å². The van der Waals surface area contributed by atoms with Crippen LogP contribution in [0.5, 0.6) is 0 Å². The number of aryl methyl sites for hydroxylation is 2. The van der Waals surface area contributed by atoms with Crippen molar-refractivity contribution in [1.29, 1.82) is 0 Å². The maximum absolute atomic E-state index is 6.22. The number of rotatable bonds is 6. The Balaban J connectivity index is 1.91. The number of aromatic nitrogens is 2. The van der Waals surface area contributed by atoms with E-state index in [1.807, 2.05) is 36.0 Å². The third-order valence-corrected chi connectivity index (χ3v) is 4.85. The highest BCUT2D eigenvalue weighted by molar-refractivity contribution is 7.99. The fraction of sp³-hybridized carbons (Fsp3) is 0.400. The van der Waals surface area contributed by atoms with Crippen LogP contribution in [-0.2, 0) is 19.9 Å². The van der Waals surface area contributed by atoms with Crippen LogP contribution in [0.2, 0.25) is 5.02 Å². The van der Waals surface area contributed by atoms with Gasteiger partial charge in [-0.2, -0.15) is 5.10 Å². The first-order valence-corrected chi connectivity index (χ1v) is 8.11. The van der Waals surface area contributed by atoms with Gasteiger partial charge >= 0.3 is 0 Å². The Bertz CT molecular complexity index is 568. The van der Waals surface area contributed by atoms with Gasteiger partial charge in [0.2, 0.25) is 0 Å². The summed E-state index contributed by atoms with van der Waals surface area (Å²) in [5, 5.41) is 5.24. The molecule has 1 unspecified atom stereocenters. The summed E-state index contributed by atoms with van der Waals surface area (Å²) in [4.78, 5) is 1.09. The molecule has 2 rings (SSSR count). The van der Waals surface area contributed by atoms with E-state index in [9.17, 15) is 0 Å². The summed E-state index contributed by atoms with van der Waals surface area (Å²) in [6.45, 7) is 2.11. The predicted molar refractivity (Wildman–Crippen MR) is 86.4 cm³/mol. The molecule has 0 aliphatic rings. The molecule has 1 atom stereocenters. The van der Waals surface area contributed by atoms with Gasteiger partial charge in [0.1, 0.15) is 0 Å². The SMILES string of the molecule is CCc1cc(CC(N)CSc2ccccc2Cl)n(C)n1. The van der Waals surface area contributed by atoms with Gasteiger partial charge in [-0.3, -0.25) is 4.68 Å². The van der Waals surface area contributed by atoms with Crippen molar-refractivity contribution in [3.63, 3.8) is 0 Å². The second-order valence-corrected chi connectivity index (χ2v) is 6.28. The molecule has 0 saturated carbocycles. The molecule has 0 radical (unpaired) electrons. The molecule has 0 spiro atoms. The largest absolute Gasteiger partial charge is 0.327 e. The van der Waals surface area contributed by atoms with E-state index in [4.69, 9.17) is 17.3 Å². The molecule has 2 N–H and O–H groups in total. The minimum absolute atomic E-state index is 0.0939. The minimum atomic E-state index is 0.0939. The highest BCUT2D eigenvalue weighted by atomic mass is 35.5. The molecular weight excluding hydrogens is 290 g/mol. The Hall–Kier alpha value is -0.970. The second kappa shape index (κ2) is 7.16. The lowest BCUT2D eigenvalue weighted by molar-refractivity contribution is 0.650. The van der Waals surface area contributed by atoms with Crippen LogP contribution in [0.1, 0.15) is 18.3 Å². The first-order valence-electron chi connectivity index (χ1n) is 6.74. The molecule has 5 heteroatoms. The summed E-state index contributed by atoms with van der Waals surface area (Å²) < 4.78 is 1.93. The van der Waals surface area contributed by atoms with Crippen LogP contribution in [0, 0.1) is 0 Å². The summed E-state index contributed by atoms with van der Waals surface area (Å²) in [6.07, 6.45) is 1.79. The molecule has 1 aromatic carbocycles. The maximum atomic E-state index is 6.22. The lowest BCUT2D eigenvalue weighted by Gasteiger charge is -2.12. The number of hydrogen-bond acceptors (Lipinski definition) is 3. The van der Waals surface area contributed by atoms with Gasteiger partial charge in [0.25, 0.3) is 0 Å². The molecule has 0 bridgehead atoms. The van der Waals surface area contributed by atoms with Crippen molar-refractivity contribution in [1.82, 2.24) is 9.78 Å². The fourth-order valence-electron chi connectivity index (χ4n) is 2.02. The van der Waals surface area contributed by atoms with E-state index in [1.54, 1.807) is 11.8 Å². The van der Waals surface area contributed by atoms with E-state index < -0.39 is 0 Å². The topological polar surface area (TPSA) is 43.8 Å². The number of halogens is 1. The third kappa shape index (κ3) is 4.01. The first kappa shape index (κ1) is 15.4.